The molecule has 1 N–H and O–H groups in total. The van der Waals surface area contributed by atoms with E-state index in [1.54, 1.807) is 11.0 Å². The van der Waals surface area contributed by atoms with Crippen molar-refractivity contribution in [3.05, 3.63) is 12.2 Å². The minimum absolute atomic E-state index is 0.0630. The summed E-state index contributed by atoms with van der Waals surface area (Å²) in [7, 11) is 1.88. The first kappa shape index (κ1) is 10.5. The molecule has 1 aromatic heterocycles. The van der Waals surface area contributed by atoms with Gasteiger partial charge in [0.25, 0.3) is 0 Å². The summed E-state index contributed by atoms with van der Waals surface area (Å²) < 4.78 is 7.14. The molecule has 1 atom stereocenters. The molecule has 1 aromatic rings. The molecule has 15 heavy (non-hydrogen) atoms. The Labute approximate surface area is 88.5 Å². The van der Waals surface area contributed by atoms with Crippen LogP contribution in [0.2, 0.25) is 0 Å². The van der Waals surface area contributed by atoms with Crippen molar-refractivity contribution >= 4 is 0 Å². The van der Waals surface area contributed by atoms with E-state index >= 15 is 0 Å². The molecule has 0 aliphatic carbocycles. The van der Waals surface area contributed by atoms with Crippen molar-refractivity contribution in [2.45, 2.75) is 12.6 Å². The summed E-state index contributed by atoms with van der Waals surface area (Å²) in [5.41, 5.74) is 0. The lowest BCUT2D eigenvalue weighted by Crippen LogP contribution is -2.43. The Balaban J connectivity index is 1.92. The van der Waals surface area contributed by atoms with Crippen LogP contribution in [0.5, 0.6) is 0 Å². The van der Waals surface area contributed by atoms with Crippen molar-refractivity contribution in [1.82, 2.24) is 19.7 Å². The van der Waals surface area contributed by atoms with Gasteiger partial charge in [-0.25, -0.2) is 4.98 Å². The second kappa shape index (κ2) is 4.69. The molecule has 0 saturated carbocycles. The quantitative estimate of drug-likeness (QED) is 0.697. The van der Waals surface area contributed by atoms with E-state index < -0.39 is 0 Å². The smallest absolute Gasteiger partial charge is 0.140 e. The molecule has 1 fully saturated rings. The lowest BCUT2D eigenvalue weighted by molar-refractivity contribution is -0.0559. The van der Waals surface area contributed by atoms with Crippen LogP contribution in [0, 0.1) is 0 Å². The van der Waals surface area contributed by atoms with Gasteiger partial charge in [0.2, 0.25) is 0 Å². The zero-order valence-corrected chi connectivity index (χ0v) is 8.83. The molecule has 1 unspecified atom stereocenters. The molecule has 0 radical (unpaired) electrons. The first-order valence-corrected chi connectivity index (χ1v) is 5.07. The van der Waals surface area contributed by atoms with Crippen molar-refractivity contribution in [2.24, 2.45) is 7.05 Å². The molecule has 6 heteroatoms. The number of aryl methyl sites for hydroxylation is 1. The summed E-state index contributed by atoms with van der Waals surface area (Å²) in [6, 6.07) is 0. The van der Waals surface area contributed by atoms with Crippen LogP contribution in [0.1, 0.15) is 5.82 Å². The molecular weight excluding hydrogens is 196 g/mol. The number of hydrogen-bond donors (Lipinski definition) is 1. The molecular formula is C9H16N4O2. The zero-order chi connectivity index (χ0) is 10.7. The first-order valence-electron chi connectivity index (χ1n) is 5.07. The summed E-state index contributed by atoms with van der Waals surface area (Å²) in [5.74, 6) is 0.939. The van der Waals surface area contributed by atoms with Gasteiger partial charge >= 0.3 is 0 Å². The lowest BCUT2D eigenvalue weighted by Gasteiger charge is -2.31. The average Bonchev–Trinajstić information content (AvgIpc) is 2.65. The van der Waals surface area contributed by atoms with Crippen LogP contribution in [0.25, 0.3) is 0 Å². The topological polar surface area (TPSA) is 63.4 Å². The van der Waals surface area contributed by atoms with Gasteiger partial charge in [0, 0.05) is 20.1 Å². The Hall–Kier alpha value is -0.980. The van der Waals surface area contributed by atoms with Gasteiger partial charge in [-0.3, -0.25) is 9.58 Å². The maximum Gasteiger partial charge on any atom is 0.140 e. The number of aromatic nitrogens is 3. The molecule has 84 valence electrons. The van der Waals surface area contributed by atoms with Gasteiger partial charge < -0.3 is 9.84 Å². The largest absolute Gasteiger partial charge is 0.394 e. The minimum Gasteiger partial charge on any atom is -0.394 e. The van der Waals surface area contributed by atoms with Gasteiger partial charge in [-0.2, -0.15) is 5.10 Å². The van der Waals surface area contributed by atoms with Gasteiger partial charge in [0.1, 0.15) is 12.2 Å². The van der Waals surface area contributed by atoms with Gasteiger partial charge in [-0.15, -0.1) is 0 Å². The predicted octanol–water partition coefficient (Wildman–Crippen LogP) is -0.992. The Bertz CT molecular complexity index is 315. The second-order valence-electron chi connectivity index (χ2n) is 3.71. The van der Waals surface area contributed by atoms with E-state index in [1.807, 2.05) is 7.05 Å². The SMILES string of the molecule is Cn1ncnc1CN1CCOC(CO)C1. The highest BCUT2D eigenvalue weighted by Crippen LogP contribution is 2.07. The minimum atomic E-state index is -0.0630. The third-order valence-corrected chi connectivity index (χ3v) is 2.60. The average molecular weight is 212 g/mol. The molecule has 0 bridgehead atoms. The van der Waals surface area contributed by atoms with Crippen LogP contribution in [0.3, 0.4) is 0 Å². The summed E-state index contributed by atoms with van der Waals surface area (Å²) in [6.07, 6.45) is 1.49. The molecule has 0 aromatic carbocycles. The normalized spacial score (nSPS) is 23.2. The van der Waals surface area contributed by atoms with E-state index in [9.17, 15) is 0 Å². The highest BCUT2D eigenvalue weighted by Gasteiger charge is 2.20. The highest BCUT2D eigenvalue weighted by atomic mass is 16.5. The third-order valence-electron chi connectivity index (χ3n) is 2.60. The fourth-order valence-electron chi connectivity index (χ4n) is 1.70. The Morgan fingerprint density at radius 1 is 1.67 bits per heavy atom. The van der Waals surface area contributed by atoms with E-state index in [1.165, 1.54) is 0 Å². The zero-order valence-electron chi connectivity index (χ0n) is 8.83. The fourth-order valence-corrected chi connectivity index (χ4v) is 1.70. The van der Waals surface area contributed by atoms with Crippen LogP contribution in [0.15, 0.2) is 6.33 Å². The van der Waals surface area contributed by atoms with Crippen LogP contribution in [0.4, 0.5) is 0 Å². The molecule has 0 spiro atoms. The summed E-state index contributed by atoms with van der Waals surface area (Å²) in [6.45, 7) is 3.14. The second-order valence-corrected chi connectivity index (χ2v) is 3.71. The number of ether oxygens (including phenoxy) is 1. The van der Waals surface area contributed by atoms with Crippen LogP contribution in [-0.4, -0.2) is 57.2 Å². The molecule has 0 amide bonds. The monoisotopic (exact) mass is 212 g/mol. The van der Waals surface area contributed by atoms with Gasteiger partial charge in [0.05, 0.1) is 25.9 Å². The van der Waals surface area contributed by atoms with E-state index in [4.69, 9.17) is 9.84 Å². The number of aliphatic hydroxyl groups excluding tert-OH is 1. The van der Waals surface area contributed by atoms with Crippen molar-refractivity contribution in [1.29, 1.82) is 0 Å². The first-order chi connectivity index (χ1) is 7.29. The molecule has 1 aliphatic rings. The molecule has 6 nitrogen and oxygen atoms in total. The van der Waals surface area contributed by atoms with E-state index in [0.717, 1.165) is 25.5 Å². The molecule has 1 saturated heterocycles. The Morgan fingerprint density at radius 2 is 2.53 bits per heavy atom. The summed E-state index contributed by atoms with van der Waals surface area (Å²) in [4.78, 5) is 6.38. The standard InChI is InChI=1S/C9H16N4O2/c1-12-9(10-7-11-12)5-13-2-3-15-8(4-13)6-14/h7-8,14H,2-6H2,1H3. The number of aliphatic hydroxyl groups is 1. The lowest BCUT2D eigenvalue weighted by atomic mass is 10.3. The maximum absolute atomic E-state index is 9.00. The number of rotatable bonds is 3. The molecule has 2 rings (SSSR count). The van der Waals surface area contributed by atoms with Crippen molar-refractivity contribution in [3.63, 3.8) is 0 Å². The van der Waals surface area contributed by atoms with Crippen molar-refractivity contribution < 1.29 is 9.84 Å². The molecule has 2 heterocycles. The van der Waals surface area contributed by atoms with Crippen LogP contribution in [-0.2, 0) is 18.3 Å². The number of hydrogen-bond acceptors (Lipinski definition) is 5. The van der Waals surface area contributed by atoms with Crippen LogP contribution < -0.4 is 0 Å². The fraction of sp³-hybridized carbons (Fsp3) is 0.778. The predicted molar refractivity (Wildman–Crippen MR) is 53.1 cm³/mol. The Kier molecular flexibility index (Phi) is 3.30. The van der Waals surface area contributed by atoms with E-state index in [2.05, 4.69) is 15.0 Å². The maximum atomic E-state index is 9.00. The summed E-state index contributed by atoms with van der Waals surface area (Å²) >= 11 is 0. The highest BCUT2D eigenvalue weighted by molar-refractivity contribution is 4.85. The number of nitrogens with zero attached hydrogens (tertiary/aromatic N) is 4. The Morgan fingerprint density at radius 3 is 3.20 bits per heavy atom. The summed E-state index contributed by atoms with van der Waals surface area (Å²) in [5, 5.41) is 13.0. The number of morpholine rings is 1. The van der Waals surface area contributed by atoms with Crippen LogP contribution >= 0.6 is 0 Å². The van der Waals surface area contributed by atoms with E-state index in [-0.39, 0.29) is 12.7 Å². The third kappa shape index (κ3) is 2.53. The molecule has 1 aliphatic heterocycles. The van der Waals surface area contributed by atoms with Crippen molar-refractivity contribution in [3.8, 4) is 0 Å². The van der Waals surface area contributed by atoms with Gasteiger partial charge in [0.15, 0.2) is 0 Å². The van der Waals surface area contributed by atoms with Gasteiger partial charge in [-0.1, -0.05) is 0 Å². The van der Waals surface area contributed by atoms with E-state index in [0.29, 0.717) is 6.61 Å². The van der Waals surface area contributed by atoms with Crippen molar-refractivity contribution in [2.75, 3.05) is 26.3 Å². The van der Waals surface area contributed by atoms with Gasteiger partial charge in [-0.05, 0) is 0 Å².